The van der Waals surface area contributed by atoms with Crippen molar-refractivity contribution < 1.29 is 17.0 Å². The number of para-hydroxylation sites is 2. The smallest absolute Gasteiger partial charge is 0.295 e. The van der Waals surface area contributed by atoms with Crippen molar-refractivity contribution in [1.29, 1.82) is 0 Å². The van der Waals surface area contributed by atoms with Crippen molar-refractivity contribution in [2.24, 2.45) is 0 Å². The molecule has 0 radical (unpaired) electrons. The first-order valence-corrected chi connectivity index (χ1v) is 11.8. The maximum Gasteiger partial charge on any atom is 0.295 e. The van der Waals surface area contributed by atoms with Gasteiger partial charge in [-0.25, -0.2) is 0 Å². The summed E-state index contributed by atoms with van der Waals surface area (Å²) in [6.45, 7) is 1.97. The zero-order valence-electron chi connectivity index (χ0n) is 15.7. The highest BCUT2D eigenvalue weighted by Gasteiger charge is 2.22. The van der Waals surface area contributed by atoms with Gasteiger partial charge in [-0.3, -0.25) is 8.93 Å². The summed E-state index contributed by atoms with van der Waals surface area (Å²) < 4.78 is 46.7. The second kappa shape index (κ2) is 7.85. The van der Waals surface area contributed by atoms with Gasteiger partial charge in [-0.2, -0.15) is 8.42 Å². The lowest BCUT2D eigenvalue weighted by atomic mass is 10.2. The third-order valence-electron chi connectivity index (χ3n) is 4.42. The Morgan fingerprint density at radius 2 is 1.69 bits per heavy atom. The van der Waals surface area contributed by atoms with Gasteiger partial charge < -0.3 is 4.42 Å². The number of sulfonamides is 1. The molecule has 0 saturated heterocycles. The molecule has 1 unspecified atom stereocenters. The number of nitrogens with one attached hydrogen (secondary N) is 1. The molecule has 0 bridgehead atoms. The molecular weight excluding hydrogens is 406 g/mol. The third-order valence-corrected chi connectivity index (χ3v) is 7.09. The van der Waals surface area contributed by atoms with E-state index in [9.17, 15) is 12.6 Å². The minimum Gasteiger partial charge on any atom is -0.443 e. The van der Waals surface area contributed by atoms with Crippen LogP contribution >= 0.6 is 0 Å². The van der Waals surface area contributed by atoms with Crippen LogP contribution in [0.25, 0.3) is 11.0 Å². The maximum absolute atomic E-state index is 13.0. The summed E-state index contributed by atoms with van der Waals surface area (Å²) in [6.07, 6.45) is 0. The molecular formula is C22H19NO4S2. The number of fused-ring (bicyclic) bond motifs is 1. The van der Waals surface area contributed by atoms with Crippen LogP contribution in [0.15, 0.2) is 93.3 Å². The second-order valence-electron chi connectivity index (χ2n) is 6.68. The molecule has 0 aliphatic carbocycles. The van der Waals surface area contributed by atoms with E-state index in [2.05, 4.69) is 4.72 Å². The number of furan rings is 1. The predicted molar refractivity (Wildman–Crippen MR) is 115 cm³/mol. The summed E-state index contributed by atoms with van der Waals surface area (Å²) in [7, 11) is -5.38. The van der Waals surface area contributed by atoms with Crippen molar-refractivity contribution in [3.8, 4) is 0 Å². The summed E-state index contributed by atoms with van der Waals surface area (Å²) >= 11 is 0. The Hall–Kier alpha value is -2.90. The molecule has 0 amide bonds. The molecule has 0 fully saturated rings. The van der Waals surface area contributed by atoms with Crippen LogP contribution in [0.1, 0.15) is 11.1 Å². The summed E-state index contributed by atoms with van der Waals surface area (Å²) in [6, 6.07) is 23.0. The average molecular weight is 426 g/mol. The Morgan fingerprint density at radius 3 is 2.48 bits per heavy atom. The van der Waals surface area contributed by atoms with Crippen LogP contribution in [0, 0.1) is 6.92 Å². The SMILES string of the molecule is Cc1cccc(CS(=O)c2ccccc2NS(=O)(=O)c2cc3ccccc3o2)c1. The van der Waals surface area contributed by atoms with Crippen LogP contribution in [0.2, 0.25) is 0 Å². The highest BCUT2D eigenvalue weighted by Crippen LogP contribution is 2.27. The highest BCUT2D eigenvalue weighted by atomic mass is 32.2. The molecule has 0 aliphatic heterocycles. The van der Waals surface area contributed by atoms with Crippen LogP contribution in [0.5, 0.6) is 0 Å². The fraction of sp³-hybridized carbons (Fsp3) is 0.0909. The molecule has 0 saturated carbocycles. The Balaban J connectivity index is 1.63. The van der Waals surface area contributed by atoms with Gasteiger partial charge in [0.05, 0.1) is 27.1 Å². The van der Waals surface area contributed by atoms with Crippen LogP contribution in [-0.2, 0) is 26.6 Å². The zero-order chi connectivity index (χ0) is 20.4. The van der Waals surface area contributed by atoms with Crippen molar-refractivity contribution in [2.45, 2.75) is 22.7 Å². The van der Waals surface area contributed by atoms with E-state index in [1.807, 2.05) is 37.3 Å². The van der Waals surface area contributed by atoms with Crippen LogP contribution in [-0.4, -0.2) is 12.6 Å². The molecule has 29 heavy (non-hydrogen) atoms. The van der Waals surface area contributed by atoms with E-state index >= 15 is 0 Å². The minimum atomic E-state index is -3.96. The Bertz CT molecular complexity index is 1280. The van der Waals surface area contributed by atoms with Gasteiger partial charge in [-0.15, -0.1) is 0 Å². The molecule has 1 atom stereocenters. The van der Waals surface area contributed by atoms with Gasteiger partial charge >= 0.3 is 0 Å². The topological polar surface area (TPSA) is 76.4 Å². The number of hydrogen-bond acceptors (Lipinski definition) is 4. The van der Waals surface area contributed by atoms with E-state index in [1.165, 1.54) is 6.07 Å². The molecule has 1 N–H and O–H groups in total. The first-order chi connectivity index (χ1) is 13.9. The number of hydrogen-bond donors (Lipinski definition) is 1. The van der Waals surface area contributed by atoms with Gasteiger partial charge in [0.1, 0.15) is 5.58 Å². The van der Waals surface area contributed by atoms with Gasteiger partial charge in [0.25, 0.3) is 10.0 Å². The third kappa shape index (κ3) is 4.26. The Morgan fingerprint density at radius 1 is 0.931 bits per heavy atom. The standard InChI is InChI=1S/C22H19NO4S2/c1-16-7-6-8-17(13-16)15-28(24)21-12-5-3-10-19(21)23-29(25,26)22-14-18-9-2-4-11-20(18)27-22/h2-14,23H,15H2,1H3. The molecule has 1 heterocycles. The lowest BCUT2D eigenvalue weighted by Gasteiger charge is -2.11. The molecule has 5 nitrogen and oxygen atoms in total. The van der Waals surface area contributed by atoms with Crippen molar-refractivity contribution in [2.75, 3.05) is 4.72 Å². The largest absolute Gasteiger partial charge is 0.443 e. The first kappa shape index (κ1) is 19.4. The van der Waals surface area contributed by atoms with E-state index in [4.69, 9.17) is 4.42 Å². The van der Waals surface area contributed by atoms with Crippen molar-refractivity contribution in [3.05, 3.63) is 90.0 Å². The molecule has 4 aromatic rings. The van der Waals surface area contributed by atoms with E-state index in [0.717, 1.165) is 11.1 Å². The van der Waals surface area contributed by atoms with Crippen LogP contribution in [0.3, 0.4) is 0 Å². The monoisotopic (exact) mass is 425 g/mol. The Labute approximate surface area is 171 Å². The first-order valence-electron chi connectivity index (χ1n) is 8.97. The van der Waals surface area contributed by atoms with E-state index in [-0.39, 0.29) is 10.8 Å². The summed E-state index contributed by atoms with van der Waals surface area (Å²) in [5.74, 6) is 0.297. The lowest BCUT2D eigenvalue weighted by Crippen LogP contribution is -2.14. The molecule has 0 aliphatic rings. The fourth-order valence-corrected chi connectivity index (χ4v) is 5.41. The van der Waals surface area contributed by atoms with Gasteiger partial charge in [-0.05, 0) is 30.7 Å². The molecule has 148 valence electrons. The molecule has 7 heteroatoms. The van der Waals surface area contributed by atoms with E-state index in [1.54, 1.807) is 42.5 Å². The van der Waals surface area contributed by atoms with Crippen molar-refractivity contribution >= 4 is 37.5 Å². The molecule has 3 aromatic carbocycles. The van der Waals surface area contributed by atoms with Crippen LogP contribution in [0.4, 0.5) is 5.69 Å². The predicted octanol–water partition coefficient (Wildman–Crippen LogP) is 4.85. The van der Waals surface area contributed by atoms with Gasteiger partial charge in [-0.1, -0.05) is 60.2 Å². The summed E-state index contributed by atoms with van der Waals surface area (Å²) in [5, 5.41) is 0.516. The number of benzene rings is 3. The number of rotatable bonds is 6. The maximum atomic E-state index is 13.0. The van der Waals surface area contributed by atoms with E-state index in [0.29, 0.717) is 21.6 Å². The Kier molecular flexibility index (Phi) is 5.25. The van der Waals surface area contributed by atoms with Gasteiger partial charge in [0.15, 0.2) is 0 Å². The lowest BCUT2D eigenvalue weighted by molar-refractivity contribution is 0.484. The minimum absolute atomic E-state index is 0.182. The molecule has 1 aromatic heterocycles. The molecule has 0 spiro atoms. The van der Waals surface area contributed by atoms with Gasteiger partial charge in [0.2, 0.25) is 5.09 Å². The number of aryl methyl sites for hydroxylation is 1. The second-order valence-corrected chi connectivity index (χ2v) is 9.72. The summed E-state index contributed by atoms with van der Waals surface area (Å²) in [4.78, 5) is 0.425. The fourth-order valence-electron chi connectivity index (χ4n) is 3.07. The molecule has 4 rings (SSSR count). The van der Waals surface area contributed by atoms with Crippen molar-refractivity contribution in [1.82, 2.24) is 0 Å². The quantitative estimate of drug-likeness (QED) is 0.479. The zero-order valence-corrected chi connectivity index (χ0v) is 17.3. The van der Waals surface area contributed by atoms with Gasteiger partial charge in [0, 0.05) is 11.5 Å². The summed E-state index contributed by atoms with van der Waals surface area (Å²) in [5.41, 5.74) is 2.78. The van der Waals surface area contributed by atoms with E-state index < -0.39 is 20.8 Å². The van der Waals surface area contributed by atoms with Crippen molar-refractivity contribution in [3.63, 3.8) is 0 Å². The highest BCUT2D eigenvalue weighted by molar-refractivity contribution is 7.92. The number of anilines is 1. The average Bonchev–Trinajstić information content (AvgIpc) is 3.13. The van der Waals surface area contributed by atoms with Crippen LogP contribution < -0.4 is 4.72 Å². The normalized spacial score (nSPS) is 12.7.